The van der Waals surface area contributed by atoms with Gasteiger partial charge < -0.3 is 10.6 Å². The first kappa shape index (κ1) is 21.2. The minimum absolute atomic E-state index is 0.207. The maximum Gasteiger partial charge on any atom is 0.401 e. The molecule has 1 saturated carbocycles. The molecule has 0 amide bonds. The normalized spacial score (nSPS) is 24.0. The van der Waals surface area contributed by atoms with Crippen molar-refractivity contribution in [3.63, 3.8) is 0 Å². The van der Waals surface area contributed by atoms with Gasteiger partial charge in [-0.05, 0) is 26.3 Å². The number of nitrogens with zero attached hydrogens (tertiary/aromatic N) is 2. The summed E-state index contributed by atoms with van der Waals surface area (Å²) in [5.74, 6) is 1.26. The number of hydrogen-bond donors (Lipinski definition) is 2. The minimum atomic E-state index is -4.18. The van der Waals surface area contributed by atoms with Crippen LogP contribution in [0.15, 0.2) is 4.99 Å². The SMILES string of the molecule is CCS(=O)C1CCCC(NC(=NC)NCCN(C)CC(F)(F)F)C1. The van der Waals surface area contributed by atoms with Crippen molar-refractivity contribution in [2.75, 3.05) is 39.5 Å². The van der Waals surface area contributed by atoms with Crippen LogP contribution in [0.3, 0.4) is 0 Å². The monoisotopic (exact) mass is 370 g/mol. The summed E-state index contributed by atoms with van der Waals surface area (Å²) in [6.45, 7) is 1.66. The minimum Gasteiger partial charge on any atom is -0.355 e. The summed E-state index contributed by atoms with van der Waals surface area (Å²) in [6, 6.07) is 0.207. The number of aliphatic imine (C=N–C) groups is 1. The molecule has 24 heavy (non-hydrogen) atoms. The van der Waals surface area contributed by atoms with Gasteiger partial charge in [0, 0.05) is 48.0 Å². The highest BCUT2D eigenvalue weighted by atomic mass is 32.2. The second kappa shape index (κ2) is 10.2. The number of guanidine groups is 1. The van der Waals surface area contributed by atoms with Crippen LogP contribution in [0.4, 0.5) is 13.2 Å². The van der Waals surface area contributed by atoms with Gasteiger partial charge >= 0.3 is 6.18 Å². The molecular formula is C15H29F3N4OS. The number of halogens is 3. The van der Waals surface area contributed by atoms with Gasteiger partial charge in [0.15, 0.2) is 5.96 Å². The van der Waals surface area contributed by atoms with Crippen molar-refractivity contribution in [2.45, 2.75) is 50.1 Å². The Morgan fingerprint density at radius 3 is 2.67 bits per heavy atom. The molecule has 0 aromatic carbocycles. The molecule has 0 spiro atoms. The summed E-state index contributed by atoms with van der Waals surface area (Å²) in [5, 5.41) is 6.57. The quantitative estimate of drug-likeness (QED) is 0.529. The molecule has 3 unspecified atom stereocenters. The van der Waals surface area contributed by atoms with Crippen LogP contribution in [0.5, 0.6) is 0 Å². The van der Waals surface area contributed by atoms with Crippen LogP contribution in [0.2, 0.25) is 0 Å². The first-order chi connectivity index (χ1) is 11.2. The molecule has 1 aliphatic rings. The molecule has 0 bridgehead atoms. The lowest BCUT2D eigenvalue weighted by molar-refractivity contribution is -0.142. The third-order valence-corrected chi connectivity index (χ3v) is 5.82. The van der Waals surface area contributed by atoms with Crippen molar-refractivity contribution in [3.8, 4) is 0 Å². The van der Waals surface area contributed by atoms with Crippen molar-refractivity contribution in [2.24, 2.45) is 4.99 Å². The molecule has 0 radical (unpaired) electrons. The van der Waals surface area contributed by atoms with Gasteiger partial charge in [-0.25, -0.2) is 0 Å². The summed E-state index contributed by atoms with van der Waals surface area (Å²) in [5.41, 5.74) is 0. The lowest BCUT2D eigenvalue weighted by Crippen LogP contribution is -2.48. The Morgan fingerprint density at radius 1 is 1.38 bits per heavy atom. The van der Waals surface area contributed by atoms with E-state index in [2.05, 4.69) is 15.6 Å². The molecule has 5 nitrogen and oxygen atoms in total. The van der Waals surface area contributed by atoms with E-state index in [0.29, 0.717) is 18.3 Å². The number of likely N-dealkylation sites (N-methyl/N-ethyl adjacent to an activating group) is 1. The Hall–Kier alpha value is -0.830. The first-order valence-corrected chi connectivity index (χ1v) is 9.73. The molecule has 0 heterocycles. The van der Waals surface area contributed by atoms with Gasteiger partial charge in [-0.2, -0.15) is 13.2 Å². The lowest BCUT2D eigenvalue weighted by Gasteiger charge is -2.30. The zero-order valence-corrected chi connectivity index (χ0v) is 15.5. The van der Waals surface area contributed by atoms with Crippen LogP contribution in [0.1, 0.15) is 32.6 Å². The van der Waals surface area contributed by atoms with E-state index in [-0.39, 0.29) is 17.8 Å². The first-order valence-electron chi connectivity index (χ1n) is 8.34. The van der Waals surface area contributed by atoms with Crippen LogP contribution < -0.4 is 10.6 Å². The average molecular weight is 370 g/mol. The summed E-state index contributed by atoms with van der Waals surface area (Å²) in [7, 11) is 2.29. The molecule has 1 fully saturated rings. The predicted molar refractivity (Wildman–Crippen MR) is 92.8 cm³/mol. The molecule has 1 aliphatic carbocycles. The topological polar surface area (TPSA) is 56.7 Å². The maximum absolute atomic E-state index is 12.3. The molecule has 1 rings (SSSR count). The molecule has 2 N–H and O–H groups in total. The highest BCUT2D eigenvalue weighted by molar-refractivity contribution is 7.85. The molecule has 3 atom stereocenters. The van der Waals surface area contributed by atoms with Crippen molar-refractivity contribution in [1.29, 1.82) is 0 Å². The Kier molecular flexibility index (Phi) is 9.04. The number of hydrogen-bond acceptors (Lipinski definition) is 3. The summed E-state index contributed by atoms with van der Waals surface area (Å²) in [4.78, 5) is 5.34. The second-order valence-electron chi connectivity index (χ2n) is 6.15. The zero-order chi connectivity index (χ0) is 18.2. The van der Waals surface area contributed by atoms with E-state index in [1.165, 1.54) is 11.9 Å². The maximum atomic E-state index is 12.3. The Bertz CT molecular complexity index is 431. The Labute approximate surface area is 144 Å². The third kappa shape index (κ3) is 8.32. The van der Waals surface area contributed by atoms with Crippen molar-refractivity contribution in [3.05, 3.63) is 0 Å². The van der Waals surface area contributed by atoms with E-state index in [1.54, 1.807) is 7.05 Å². The third-order valence-electron chi connectivity index (χ3n) is 4.08. The van der Waals surface area contributed by atoms with Crippen LogP contribution in [-0.4, -0.2) is 72.0 Å². The van der Waals surface area contributed by atoms with E-state index in [9.17, 15) is 17.4 Å². The highest BCUT2D eigenvalue weighted by Gasteiger charge is 2.29. The van der Waals surface area contributed by atoms with Gasteiger partial charge in [-0.3, -0.25) is 14.1 Å². The van der Waals surface area contributed by atoms with Gasteiger partial charge in [0.05, 0.1) is 6.54 Å². The number of alkyl halides is 3. The smallest absolute Gasteiger partial charge is 0.355 e. The van der Waals surface area contributed by atoms with Crippen molar-refractivity contribution < 1.29 is 17.4 Å². The summed E-state index contributed by atoms with van der Waals surface area (Å²) >= 11 is 0. The summed E-state index contributed by atoms with van der Waals surface area (Å²) in [6.07, 6.45) is -0.325. The molecule has 0 aromatic heterocycles. The molecule has 142 valence electrons. The second-order valence-corrected chi connectivity index (χ2v) is 8.16. The standard InChI is InChI=1S/C15H29F3N4OS/c1-4-24(23)13-7-5-6-12(10-13)21-14(19-2)20-8-9-22(3)11-15(16,17)18/h12-13H,4-11H2,1-3H3,(H2,19,20,21). The fourth-order valence-electron chi connectivity index (χ4n) is 2.89. The summed E-state index contributed by atoms with van der Waals surface area (Å²) < 4.78 is 48.8. The molecule has 0 aromatic rings. The molecular weight excluding hydrogens is 341 g/mol. The van der Waals surface area contributed by atoms with Crippen LogP contribution in [0.25, 0.3) is 0 Å². The van der Waals surface area contributed by atoms with Crippen molar-refractivity contribution in [1.82, 2.24) is 15.5 Å². The van der Waals surface area contributed by atoms with E-state index < -0.39 is 23.5 Å². The van der Waals surface area contributed by atoms with Gasteiger partial charge in [-0.1, -0.05) is 13.3 Å². The lowest BCUT2D eigenvalue weighted by atomic mass is 9.95. The fourth-order valence-corrected chi connectivity index (χ4v) is 4.24. The van der Waals surface area contributed by atoms with E-state index in [0.717, 1.165) is 25.7 Å². The van der Waals surface area contributed by atoms with E-state index in [1.807, 2.05) is 6.92 Å². The van der Waals surface area contributed by atoms with E-state index >= 15 is 0 Å². The van der Waals surface area contributed by atoms with Gasteiger partial charge in [-0.15, -0.1) is 0 Å². The largest absolute Gasteiger partial charge is 0.401 e. The number of rotatable bonds is 7. The Morgan fingerprint density at radius 2 is 2.08 bits per heavy atom. The fraction of sp³-hybridized carbons (Fsp3) is 0.933. The van der Waals surface area contributed by atoms with Gasteiger partial charge in [0.25, 0.3) is 0 Å². The van der Waals surface area contributed by atoms with Gasteiger partial charge in [0.2, 0.25) is 0 Å². The zero-order valence-electron chi connectivity index (χ0n) is 14.7. The number of nitrogens with one attached hydrogen (secondary N) is 2. The van der Waals surface area contributed by atoms with Crippen LogP contribution in [0, 0.1) is 0 Å². The molecule has 0 aliphatic heterocycles. The van der Waals surface area contributed by atoms with Gasteiger partial charge in [0.1, 0.15) is 0 Å². The molecule has 0 saturated heterocycles. The highest BCUT2D eigenvalue weighted by Crippen LogP contribution is 2.23. The molecule has 9 heteroatoms. The van der Waals surface area contributed by atoms with Crippen LogP contribution in [-0.2, 0) is 10.8 Å². The predicted octanol–water partition coefficient (Wildman–Crippen LogP) is 1.73. The Balaban J connectivity index is 2.35. The average Bonchev–Trinajstić information content (AvgIpc) is 2.51. The van der Waals surface area contributed by atoms with E-state index in [4.69, 9.17) is 0 Å². The van der Waals surface area contributed by atoms with Crippen molar-refractivity contribution >= 4 is 16.8 Å². The van der Waals surface area contributed by atoms with Crippen LogP contribution >= 0.6 is 0 Å².